The van der Waals surface area contributed by atoms with Gasteiger partial charge in [-0.25, -0.2) is 0 Å². The normalized spacial score (nSPS) is 12.5. The van der Waals surface area contributed by atoms with E-state index < -0.39 is 0 Å². The van der Waals surface area contributed by atoms with Gasteiger partial charge in [0.25, 0.3) is 0 Å². The number of hydrogen-bond donors (Lipinski definition) is 1. The molecule has 0 saturated heterocycles. The van der Waals surface area contributed by atoms with Gasteiger partial charge in [0.2, 0.25) is 0 Å². The van der Waals surface area contributed by atoms with Crippen molar-refractivity contribution >= 4 is 11.8 Å². The van der Waals surface area contributed by atoms with Gasteiger partial charge in [0.1, 0.15) is 5.75 Å². The molecule has 0 heterocycles. The van der Waals surface area contributed by atoms with Gasteiger partial charge in [0.05, 0.1) is 7.11 Å². The molecule has 0 fully saturated rings. The van der Waals surface area contributed by atoms with Gasteiger partial charge in [-0.1, -0.05) is 0 Å². The molecule has 1 aromatic carbocycles. The average molecular weight is 197 g/mol. The maximum Gasteiger partial charge on any atom is 0.118 e. The molecule has 72 valence electrons. The third-order valence-electron chi connectivity index (χ3n) is 1.57. The van der Waals surface area contributed by atoms with Crippen molar-refractivity contribution in [2.45, 2.75) is 17.9 Å². The lowest BCUT2D eigenvalue weighted by atomic mass is 10.3. The Balaban J connectivity index is 2.49. The van der Waals surface area contributed by atoms with Gasteiger partial charge < -0.3 is 10.5 Å². The zero-order valence-electron chi connectivity index (χ0n) is 7.99. The molecule has 1 aromatic rings. The Morgan fingerprint density at radius 3 is 2.46 bits per heavy atom. The standard InChI is InChI=1S/C10H15NOS/c1-8(11)7-13-10-5-3-9(12-2)4-6-10/h3-6,8H,7,11H2,1-2H3. The van der Waals surface area contributed by atoms with E-state index in [0.717, 1.165) is 11.5 Å². The molecule has 0 bridgehead atoms. The van der Waals surface area contributed by atoms with Crippen LogP contribution in [0.2, 0.25) is 0 Å². The van der Waals surface area contributed by atoms with E-state index in [9.17, 15) is 0 Å². The fraction of sp³-hybridized carbons (Fsp3) is 0.400. The highest BCUT2D eigenvalue weighted by Gasteiger charge is 1.97. The number of rotatable bonds is 4. The van der Waals surface area contributed by atoms with Gasteiger partial charge in [-0.3, -0.25) is 0 Å². The van der Waals surface area contributed by atoms with Crippen molar-refractivity contribution in [2.75, 3.05) is 12.9 Å². The lowest BCUT2D eigenvalue weighted by Crippen LogP contribution is -2.17. The first-order valence-electron chi connectivity index (χ1n) is 4.25. The van der Waals surface area contributed by atoms with Crippen LogP contribution in [0.1, 0.15) is 6.92 Å². The third-order valence-corrected chi connectivity index (χ3v) is 2.87. The van der Waals surface area contributed by atoms with Crippen LogP contribution in [0.25, 0.3) is 0 Å². The third kappa shape index (κ3) is 3.70. The summed E-state index contributed by atoms with van der Waals surface area (Å²) < 4.78 is 5.06. The van der Waals surface area contributed by atoms with E-state index in [-0.39, 0.29) is 6.04 Å². The fourth-order valence-corrected chi connectivity index (χ4v) is 1.68. The first kappa shape index (κ1) is 10.4. The SMILES string of the molecule is COc1ccc(SCC(C)N)cc1. The minimum absolute atomic E-state index is 0.243. The molecule has 1 unspecified atom stereocenters. The Labute approximate surface area is 83.5 Å². The van der Waals surface area contributed by atoms with E-state index in [1.54, 1.807) is 18.9 Å². The molecular weight excluding hydrogens is 182 g/mol. The quantitative estimate of drug-likeness (QED) is 0.751. The summed E-state index contributed by atoms with van der Waals surface area (Å²) in [6, 6.07) is 8.26. The van der Waals surface area contributed by atoms with Gasteiger partial charge in [-0.2, -0.15) is 0 Å². The minimum atomic E-state index is 0.243. The van der Waals surface area contributed by atoms with Gasteiger partial charge >= 0.3 is 0 Å². The first-order valence-corrected chi connectivity index (χ1v) is 5.23. The van der Waals surface area contributed by atoms with Gasteiger partial charge in [0.15, 0.2) is 0 Å². The molecule has 0 spiro atoms. The Morgan fingerprint density at radius 1 is 1.38 bits per heavy atom. The molecule has 0 aliphatic rings. The number of thioether (sulfide) groups is 1. The summed E-state index contributed by atoms with van der Waals surface area (Å²) in [7, 11) is 1.67. The van der Waals surface area contributed by atoms with Gasteiger partial charge in [-0.15, -0.1) is 11.8 Å². The second kappa shape index (κ2) is 5.14. The number of hydrogen-bond acceptors (Lipinski definition) is 3. The highest BCUT2D eigenvalue weighted by Crippen LogP contribution is 2.21. The van der Waals surface area contributed by atoms with Crippen molar-refractivity contribution in [3.8, 4) is 5.75 Å². The molecule has 1 rings (SSSR count). The molecule has 0 radical (unpaired) electrons. The predicted octanol–water partition coefficient (Wildman–Crippen LogP) is 2.13. The Bertz CT molecular complexity index is 246. The molecule has 0 aromatic heterocycles. The monoisotopic (exact) mass is 197 g/mol. The van der Waals surface area contributed by atoms with Crippen LogP contribution >= 0.6 is 11.8 Å². The highest BCUT2D eigenvalue weighted by molar-refractivity contribution is 7.99. The lowest BCUT2D eigenvalue weighted by molar-refractivity contribution is 0.414. The molecule has 2 nitrogen and oxygen atoms in total. The topological polar surface area (TPSA) is 35.2 Å². The molecular formula is C10H15NOS. The van der Waals surface area contributed by atoms with E-state index in [1.807, 2.05) is 31.2 Å². The summed E-state index contributed by atoms with van der Waals surface area (Å²) in [5, 5.41) is 0. The smallest absolute Gasteiger partial charge is 0.118 e. The van der Waals surface area contributed by atoms with Crippen molar-refractivity contribution < 1.29 is 4.74 Å². The maximum absolute atomic E-state index is 5.65. The molecule has 0 saturated carbocycles. The maximum atomic E-state index is 5.65. The Kier molecular flexibility index (Phi) is 4.12. The van der Waals surface area contributed by atoms with Crippen molar-refractivity contribution in [3.05, 3.63) is 24.3 Å². The predicted molar refractivity (Wildman–Crippen MR) is 57.4 cm³/mol. The summed E-state index contributed by atoms with van der Waals surface area (Å²) in [4.78, 5) is 1.23. The second-order valence-corrected chi connectivity index (χ2v) is 4.06. The van der Waals surface area contributed by atoms with Crippen LogP contribution in [0.5, 0.6) is 5.75 Å². The van der Waals surface area contributed by atoms with Crippen LogP contribution in [0.4, 0.5) is 0 Å². The van der Waals surface area contributed by atoms with Crippen molar-refractivity contribution in [3.63, 3.8) is 0 Å². The van der Waals surface area contributed by atoms with E-state index in [1.165, 1.54) is 4.90 Å². The molecule has 2 N–H and O–H groups in total. The van der Waals surface area contributed by atoms with Crippen LogP contribution in [-0.2, 0) is 0 Å². The summed E-state index contributed by atoms with van der Waals surface area (Å²) in [5.41, 5.74) is 5.65. The van der Waals surface area contributed by atoms with Crippen LogP contribution in [0.3, 0.4) is 0 Å². The minimum Gasteiger partial charge on any atom is -0.497 e. The molecule has 1 atom stereocenters. The fourth-order valence-electron chi connectivity index (χ4n) is 0.900. The highest BCUT2D eigenvalue weighted by atomic mass is 32.2. The van der Waals surface area contributed by atoms with Crippen LogP contribution in [-0.4, -0.2) is 18.9 Å². The zero-order valence-corrected chi connectivity index (χ0v) is 8.80. The van der Waals surface area contributed by atoms with E-state index in [4.69, 9.17) is 10.5 Å². The summed E-state index contributed by atoms with van der Waals surface area (Å²) >= 11 is 1.77. The van der Waals surface area contributed by atoms with Crippen LogP contribution < -0.4 is 10.5 Å². The second-order valence-electron chi connectivity index (χ2n) is 2.96. The number of methoxy groups -OCH3 is 1. The first-order chi connectivity index (χ1) is 6.22. The molecule has 0 amide bonds. The van der Waals surface area contributed by atoms with Crippen molar-refractivity contribution in [1.29, 1.82) is 0 Å². The number of benzene rings is 1. The lowest BCUT2D eigenvalue weighted by Gasteiger charge is -2.05. The molecule has 13 heavy (non-hydrogen) atoms. The van der Waals surface area contributed by atoms with Crippen molar-refractivity contribution in [1.82, 2.24) is 0 Å². The average Bonchev–Trinajstić information content (AvgIpc) is 2.15. The molecule has 3 heteroatoms. The molecule has 0 aliphatic carbocycles. The summed E-state index contributed by atoms with van der Waals surface area (Å²) in [6.45, 7) is 2.01. The molecule has 0 aliphatic heterocycles. The van der Waals surface area contributed by atoms with Crippen LogP contribution in [0, 0.1) is 0 Å². The van der Waals surface area contributed by atoms with Crippen molar-refractivity contribution in [2.24, 2.45) is 5.73 Å². The summed E-state index contributed by atoms with van der Waals surface area (Å²) in [6.07, 6.45) is 0. The van der Waals surface area contributed by atoms with E-state index in [0.29, 0.717) is 0 Å². The Hall–Kier alpha value is -0.670. The van der Waals surface area contributed by atoms with Crippen LogP contribution in [0.15, 0.2) is 29.2 Å². The summed E-state index contributed by atoms with van der Waals surface area (Å²) in [5.74, 6) is 1.84. The Morgan fingerprint density at radius 2 is 2.00 bits per heavy atom. The van der Waals surface area contributed by atoms with E-state index in [2.05, 4.69) is 0 Å². The van der Waals surface area contributed by atoms with Gasteiger partial charge in [-0.05, 0) is 31.2 Å². The van der Waals surface area contributed by atoms with E-state index >= 15 is 0 Å². The number of nitrogens with two attached hydrogens (primary N) is 1. The number of ether oxygens (including phenoxy) is 1. The van der Waals surface area contributed by atoms with Gasteiger partial charge in [0, 0.05) is 16.7 Å². The zero-order chi connectivity index (χ0) is 9.68. The largest absolute Gasteiger partial charge is 0.497 e.